The van der Waals surface area contributed by atoms with Gasteiger partial charge in [-0.1, -0.05) is 120 Å². The molecule has 1 aliphatic heterocycles. The summed E-state index contributed by atoms with van der Waals surface area (Å²) in [6, 6.07) is 39.0. The molecule has 31 heavy (non-hydrogen) atoms. The Morgan fingerprint density at radius 3 is 1.81 bits per heavy atom. The summed E-state index contributed by atoms with van der Waals surface area (Å²) in [5.74, 6) is 0. The van der Waals surface area contributed by atoms with Crippen LogP contribution in [0.15, 0.2) is 109 Å². The SMILES string of the molecule is Cc1ccccc1N1[C-]=[N+](c2ccccc2C)[C@@H](c2ccccc2)[C@H]1c1ccccc1. The van der Waals surface area contributed by atoms with E-state index in [1.54, 1.807) is 0 Å². The van der Waals surface area contributed by atoms with Crippen molar-refractivity contribution in [1.82, 2.24) is 0 Å². The van der Waals surface area contributed by atoms with Crippen LogP contribution in [-0.2, 0) is 0 Å². The summed E-state index contributed by atoms with van der Waals surface area (Å²) < 4.78 is 2.33. The average molecular weight is 403 g/mol. The van der Waals surface area contributed by atoms with E-state index in [0.717, 1.165) is 0 Å². The summed E-state index contributed by atoms with van der Waals surface area (Å²) in [6.45, 7) is 4.35. The van der Waals surface area contributed by atoms with Crippen LogP contribution in [-0.4, -0.2) is 10.9 Å². The topological polar surface area (TPSA) is 6.25 Å². The molecule has 0 aliphatic carbocycles. The summed E-state index contributed by atoms with van der Waals surface area (Å²) in [7, 11) is 0. The van der Waals surface area contributed by atoms with Crippen LogP contribution in [0.2, 0.25) is 0 Å². The van der Waals surface area contributed by atoms with Gasteiger partial charge in [-0.25, -0.2) is 0 Å². The largest absolute Gasteiger partial charge is 0.326 e. The minimum absolute atomic E-state index is 0.101. The highest BCUT2D eigenvalue weighted by Crippen LogP contribution is 2.45. The van der Waals surface area contributed by atoms with Crippen molar-refractivity contribution < 1.29 is 4.58 Å². The van der Waals surface area contributed by atoms with Gasteiger partial charge in [0.2, 0.25) is 6.34 Å². The van der Waals surface area contributed by atoms with Crippen molar-refractivity contribution in [1.29, 1.82) is 0 Å². The fraction of sp³-hybridized carbons (Fsp3) is 0.138. The third kappa shape index (κ3) is 3.55. The maximum absolute atomic E-state index is 3.77. The van der Waals surface area contributed by atoms with Gasteiger partial charge in [-0.2, -0.15) is 0 Å². The van der Waals surface area contributed by atoms with E-state index >= 15 is 0 Å². The molecule has 4 aromatic rings. The number of rotatable bonds is 4. The van der Waals surface area contributed by atoms with Crippen LogP contribution in [0.3, 0.4) is 0 Å². The lowest BCUT2D eigenvalue weighted by Gasteiger charge is -2.29. The highest BCUT2D eigenvalue weighted by atomic mass is 15.3. The van der Waals surface area contributed by atoms with Crippen molar-refractivity contribution in [2.24, 2.45) is 0 Å². The summed E-state index contributed by atoms with van der Waals surface area (Å²) in [5, 5.41) is 0. The summed E-state index contributed by atoms with van der Waals surface area (Å²) in [6.07, 6.45) is 3.77. The van der Waals surface area contributed by atoms with Gasteiger partial charge >= 0.3 is 0 Å². The van der Waals surface area contributed by atoms with E-state index in [2.05, 4.69) is 139 Å². The lowest BCUT2D eigenvalue weighted by atomic mass is 9.92. The van der Waals surface area contributed by atoms with E-state index in [9.17, 15) is 0 Å². The number of nitrogens with zero attached hydrogens (tertiary/aromatic N) is 2. The molecule has 2 heteroatoms. The third-order valence-corrected chi connectivity index (χ3v) is 6.10. The van der Waals surface area contributed by atoms with Crippen molar-refractivity contribution in [3.63, 3.8) is 0 Å². The Kier molecular flexibility index (Phi) is 5.13. The molecule has 2 nitrogen and oxygen atoms in total. The molecule has 0 saturated carbocycles. The van der Waals surface area contributed by atoms with Crippen LogP contribution in [0, 0.1) is 13.8 Å². The number of hydrogen-bond donors (Lipinski definition) is 0. The molecule has 0 unspecified atom stereocenters. The molecular weight excluding hydrogens is 376 g/mol. The summed E-state index contributed by atoms with van der Waals surface area (Å²) in [4.78, 5) is 2.33. The molecule has 2 atom stereocenters. The van der Waals surface area contributed by atoms with E-state index in [1.165, 1.54) is 33.6 Å². The fourth-order valence-electron chi connectivity index (χ4n) is 4.56. The molecule has 1 heterocycles. The second-order valence-electron chi connectivity index (χ2n) is 8.12. The van der Waals surface area contributed by atoms with Crippen LogP contribution in [0.1, 0.15) is 34.3 Å². The molecule has 0 fully saturated rings. The van der Waals surface area contributed by atoms with Gasteiger partial charge in [-0.15, -0.1) is 0 Å². The molecule has 0 spiro atoms. The highest BCUT2D eigenvalue weighted by Gasteiger charge is 2.41. The standard InChI is InChI=1S/C29H26N2/c1-22-13-9-11-19-26(22)30-21-31(27-20-12-10-14-23(27)2)29(25-17-7-4-8-18-25)28(30)24-15-5-3-6-16-24/h3-20,28-29H,1-2H3/t28-,29+. The van der Waals surface area contributed by atoms with Crippen molar-refractivity contribution in [3.05, 3.63) is 131 Å². The monoisotopic (exact) mass is 402 g/mol. The van der Waals surface area contributed by atoms with Crippen LogP contribution in [0.4, 0.5) is 11.4 Å². The number of benzene rings is 4. The first-order valence-corrected chi connectivity index (χ1v) is 10.8. The second-order valence-corrected chi connectivity index (χ2v) is 8.12. The minimum atomic E-state index is 0.101. The van der Waals surface area contributed by atoms with Crippen LogP contribution in [0.5, 0.6) is 0 Å². The van der Waals surface area contributed by atoms with Crippen LogP contribution in [0.25, 0.3) is 0 Å². The fourth-order valence-corrected chi connectivity index (χ4v) is 4.56. The van der Waals surface area contributed by atoms with Gasteiger partial charge in [0.25, 0.3) is 0 Å². The van der Waals surface area contributed by atoms with Gasteiger partial charge < -0.3 is 9.48 Å². The molecule has 0 radical (unpaired) electrons. The van der Waals surface area contributed by atoms with Gasteiger partial charge in [0.1, 0.15) is 12.1 Å². The zero-order chi connectivity index (χ0) is 21.2. The van der Waals surface area contributed by atoms with Gasteiger partial charge in [0.15, 0.2) is 0 Å². The Hall–Kier alpha value is -3.65. The van der Waals surface area contributed by atoms with Gasteiger partial charge in [0, 0.05) is 11.4 Å². The van der Waals surface area contributed by atoms with Crippen molar-refractivity contribution in [2.75, 3.05) is 4.90 Å². The number of anilines is 1. The van der Waals surface area contributed by atoms with E-state index in [1.807, 2.05) is 0 Å². The number of hydrogen-bond acceptors (Lipinski definition) is 1. The summed E-state index contributed by atoms with van der Waals surface area (Å²) >= 11 is 0. The molecule has 0 N–H and O–H groups in total. The van der Waals surface area contributed by atoms with Gasteiger partial charge in [-0.3, -0.25) is 0 Å². The quantitative estimate of drug-likeness (QED) is 0.267. The lowest BCUT2D eigenvalue weighted by molar-refractivity contribution is -0.481. The first kappa shape index (κ1) is 19.3. The highest BCUT2D eigenvalue weighted by molar-refractivity contribution is 5.82. The zero-order valence-corrected chi connectivity index (χ0v) is 17.9. The molecule has 0 amide bonds. The molecule has 0 aromatic heterocycles. The van der Waals surface area contributed by atoms with Crippen LogP contribution < -0.4 is 4.90 Å². The molecule has 0 bridgehead atoms. The Morgan fingerprint density at radius 2 is 1.16 bits per heavy atom. The molecule has 0 saturated heterocycles. The Labute approximate surface area is 184 Å². The second kappa shape index (κ2) is 8.23. The van der Waals surface area contributed by atoms with E-state index in [-0.39, 0.29) is 12.1 Å². The Balaban J connectivity index is 1.76. The first-order chi connectivity index (χ1) is 15.2. The average Bonchev–Trinajstić information content (AvgIpc) is 3.21. The zero-order valence-electron chi connectivity index (χ0n) is 17.9. The van der Waals surface area contributed by atoms with Crippen LogP contribution >= 0.6 is 0 Å². The molecule has 152 valence electrons. The molecule has 1 aliphatic rings. The predicted octanol–water partition coefficient (Wildman–Crippen LogP) is 6.86. The maximum atomic E-state index is 3.77. The Morgan fingerprint density at radius 1 is 0.613 bits per heavy atom. The van der Waals surface area contributed by atoms with Gasteiger partial charge in [0.05, 0.1) is 0 Å². The summed E-state index contributed by atoms with van der Waals surface area (Å²) in [5.41, 5.74) is 7.43. The van der Waals surface area contributed by atoms with Gasteiger partial charge in [-0.05, 0) is 25.0 Å². The normalized spacial score (nSPS) is 18.1. The smallest absolute Gasteiger partial charge is 0.207 e. The van der Waals surface area contributed by atoms with E-state index < -0.39 is 0 Å². The first-order valence-electron chi connectivity index (χ1n) is 10.8. The van der Waals surface area contributed by atoms with E-state index in [0.29, 0.717) is 0 Å². The van der Waals surface area contributed by atoms with E-state index in [4.69, 9.17) is 0 Å². The lowest BCUT2D eigenvalue weighted by Crippen LogP contribution is -2.26. The van der Waals surface area contributed by atoms with Crippen molar-refractivity contribution >= 4 is 17.7 Å². The van der Waals surface area contributed by atoms with Crippen molar-refractivity contribution in [2.45, 2.75) is 25.9 Å². The van der Waals surface area contributed by atoms with Crippen molar-refractivity contribution in [3.8, 4) is 0 Å². The molecule has 5 rings (SSSR count). The molecular formula is C29H26N2. The number of aryl methyl sites for hydroxylation is 2. The maximum Gasteiger partial charge on any atom is 0.207 e. The minimum Gasteiger partial charge on any atom is -0.326 e. The predicted molar refractivity (Wildman–Crippen MR) is 128 cm³/mol. The number of para-hydroxylation sites is 2. The molecule has 4 aromatic carbocycles. The third-order valence-electron chi connectivity index (χ3n) is 6.10. The Bertz CT molecular complexity index is 1210.